The molecule has 2 aromatic rings. The minimum Gasteiger partial charge on any atom is -0.465 e. The zero-order valence-corrected chi connectivity index (χ0v) is 16.3. The summed E-state index contributed by atoms with van der Waals surface area (Å²) in [5, 5.41) is 3.63. The highest BCUT2D eigenvalue weighted by atomic mass is 79.9. The lowest BCUT2D eigenvalue weighted by molar-refractivity contribution is 0.0601. The molecule has 2 aromatic carbocycles. The summed E-state index contributed by atoms with van der Waals surface area (Å²) in [6, 6.07) is 9.85. The number of carbonyl (C=O) groups is 1. The van der Waals surface area contributed by atoms with E-state index < -0.39 is 0 Å². The van der Waals surface area contributed by atoms with Gasteiger partial charge in [-0.3, -0.25) is 0 Å². The summed E-state index contributed by atoms with van der Waals surface area (Å²) in [4.78, 5) is 12.3. The molecule has 6 heteroatoms. The van der Waals surface area contributed by atoms with Crippen LogP contribution < -0.4 is 14.8 Å². The van der Waals surface area contributed by atoms with Gasteiger partial charge in [0.15, 0.2) is 11.5 Å². The Hall–Kier alpha value is -2.47. The van der Waals surface area contributed by atoms with Crippen molar-refractivity contribution >= 4 is 27.6 Å². The summed E-state index contributed by atoms with van der Waals surface area (Å²) < 4.78 is 17.0. The van der Waals surface area contributed by atoms with Gasteiger partial charge < -0.3 is 19.5 Å². The summed E-state index contributed by atoms with van der Waals surface area (Å²) in [5.41, 5.74) is 3.66. The van der Waals surface area contributed by atoms with Gasteiger partial charge in [0.25, 0.3) is 0 Å². The summed E-state index contributed by atoms with van der Waals surface area (Å²) in [6.07, 6.45) is 5.45. The molecule has 1 aliphatic carbocycles. The number of methoxy groups -OCH3 is 1. The van der Waals surface area contributed by atoms with E-state index in [0.717, 1.165) is 39.2 Å². The average molecular weight is 428 g/mol. The number of fused-ring (bicyclic) bond motifs is 4. The van der Waals surface area contributed by atoms with Crippen molar-refractivity contribution in [1.29, 1.82) is 0 Å². The smallest absolute Gasteiger partial charge is 0.339 e. The van der Waals surface area contributed by atoms with Crippen molar-refractivity contribution in [1.82, 2.24) is 0 Å². The number of hydrogen-bond donors (Lipinski definition) is 1. The first-order chi connectivity index (χ1) is 13.2. The van der Waals surface area contributed by atoms with Crippen molar-refractivity contribution in [2.75, 3.05) is 19.2 Å². The number of halogens is 1. The molecule has 0 bridgehead atoms. The van der Waals surface area contributed by atoms with Crippen LogP contribution in [0.3, 0.4) is 0 Å². The third-order valence-corrected chi connectivity index (χ3v) is 6.32. The van der Waals surface area contributed by atoms with Crippen molar-refractivity contribution in [3.63, 3.8) is 0 Å². The highest BCUT2D eigenvalue weighted by Crippen LogP contribution is 2.53. The number of allylic oxidation sites excluding steroid dienone is 2. The fourth-order valence-corrected chi connectivity index (χ4v) is 4.95. The van der Waals surface area contributed by atoms with Crippen LogP contribution in [0.15, 0.2) is 47.0 Å². The Labute approximate surface area is 165 Å². The SMILES string of the molecule is COC(=O)c1cccc2c1N[C@H](c1cc3c(cc1Br)OCO3)[C@H]1CC=C[C@@H]21. The Morgan fingerprint density at radius 2 is 2.04 bits per heavy atom. The van der Waals surface area contributed by atoms with Crippen LogP contribution in [0.5, 0.6) is 11.5 Å². The summed E-state index contributed by atoms with van der Waals surface area (Å²) in [6.45, 7) is 0.242. The molecule has 27 heavy (non-hydrogen) atoms. The fraction of sp³-hybridized carbons (Fsp3) is 0.286. The fourth-order valence-electron chi connectivity index (χ4n) is 4.38. The van der Waals surface area contributed by atoms with Crippen molar-refractivity contribution in [2.45, 2.75) is 18.4 Å². The Bertz CT molecular complexity index is 971. The molecule has 5 nitrogen and oxygen atoms in total. The molecule has 2 heterocycles. The maximum atomic E-state index is 12.3. The number of carbonyl (C=O) groups excluding carboxylic acids is 1. The maximum absolute atomic E-state index is 12.3. The van der Waals surface area contributed by atoms with Gasteiger partial charge in [0, 0.05) is 10.4 Å². The van der Waals surface area contributed by atoms with Crippen LogP contribution in [0.4, 0.5) is 5.69 Å². The summed E-state index contributed by atoms with van der Waals surface area (Å²) >= 11 is 3.70. The van der Waals surface area contributed by atoms with Gasteiger partial charge in [-0.1, -0.05) is 40.2 Å². The van der Waals surface area contributed by atoms with Crippen LogP contribution in [0.25, 0.3) is 0 Å². The van der Waals surface area contributed by atoms with E-state index in [1.54, 1.807) is 0 Å². The van der Waals surface area contributed by atoms with Gasteiger partial charge in [0.1, 0.15) is 0 Å². The number of para-hydroxylation sites is 1. The molecular formula is C21H18BrNO4. The third kappa shape index (κ3) is 2.54. The molecule has 5 rings (SSSR count). The van der Waals surface area contributed by atoms with Gasteiger partial charge in [0.2, 0.25) is 6.79 Å². The number of rotatable bonds is 2. The first-order valence-electron chi connectivity index (χ1n) is 8.91. The van der Waals surface area contributed by atoms with Crippen LogP contribution in [0.1, 0.15) is 39.9 Å². The van der Waals surface area contributed by atoms with Gasteiger partial charge in [0.05, 0.1) is 24.4 Å². The lowest BCUT2D eigenvalue weighted by atomic mass is 9.76. The lowest BCUT2D eigenvalue weighted by Crippen LogP contribution is -2.30. The Kier molecular flexibility index (Phi) is 3.90. The zero-order valence-electron chi connectivity index (χ0n) is 14.7. The predicted molar refractivity (Wildman–Crippen MR) is 104 cm³/mol. The van der Waals surface area contributed by atoms with Crippen molar-refractivity contribution in [3.8, 4) is 11.5 Å². The van der Waals surface area contributed by atoms with Gasteiger partial charge in [-0.25, -0.2) is 4.79 Å². The summed E-state index contributed by atoms with van der Waals surface area (Å²) in [7, 11) is 1.41. The number of hydrogen-bond acceptors (Lipinski definition) is 5. The first kappa shape index (κ1) is 16.7. The second-order valence-corrected chi connectivity index (χ2v) is 7.82. The normalized spacial score (nSPS) is 24.1. The third-order valence-electron chi connectivity index (χ3n) is 5.63. The van der Waals surface area contributed by atoms with Crippen LogP contribution in [0, 0.1) is 5.92 Å². The van der Waals surface area contributed by atoms with E-state index in [4.69, 9.17) is 14.2 Å². The number of nitrogens with one attached hydrogen (secondary N) is 1. The largest absolute Gasteiger partial charge is 0.465 e. The van der Waals surface area contributed by atoms with E-state index in [0.29, 0.717) is 11.5 Å². The van der Waals surface area contributed by atoms with Gasteiger partial charge in [-0.05, 0) is 41.7 Å². The van der Waals surface area contributed by atoms with E-state index in [1.807, 2.05) is 24.3 Å². The topological polar surface area (TPSA) is 56.8 Å². The van der Waals surface area contributed by atoms with Gasteiger partial charge in [-0.2, -0.15) is 0 Å². The molecule has 0 fully saturated rings. The van der Waals surface area contributed by atoms with E-state index in [9.17, 15) is 4.79 Å². The molecule has 0 amide bonds. The molecule has 0 radical (unpaired) electrons. The molecule has 2 aliphatic heterocycles. The van der Waals surface area contributed by atoms with Crippen LogP contribution in [-0.2, 0) is 4.74 Å². The average Bonchev–Trinajstić information content (AvgIpc) is 3.34. The van der Waals surface area contributed by atoms with E-state index in [1.165, 1.54) is 7.11 Å². The monoisotopic (exact) mass is 427 g/mol. The lowest BCUT2D eigenvalue weighted by Gasteiger charge is -2.38. The number of ether oxygens (including phenoxy) is 3. The first-order valence-corrected chi connectivity index (χ1v) is 9.70. The van der Waals surface area contributed by atoms with Crippen molar-refractivity contribution < 1.29 is 19.0 Å². The molecule has 1 N–H and O–H groups in total. The van der Waals surface area contributed by atoms with Crippen LogP contribution in [0.2, 0.25) is 0 Å². The zero-order chi connectivity index (χ0) is 18.5. The number of benzene rings is 2. The van der Waals surface area contributed by atoms with Crippen molar-refractivity contribution in [2.24, 2.45) is 5.92 Å². The molecule has 138 valence electrons. The second-order valence-electron chi connectivity index (χ2n) is 6.96. The number of esters is 1. The molecule has 3 atom stereocenters. The quantitative estimate of drug-likeness (QED) is 0.551. The van der Waals surface area contributed by atoms with E-state index in [2.05, 4.69) is 39.5 Å². The molecule has 3 aliphatic rings. The second kappa shape index (κ2) is 6.30. The Morgan fingerprint density at radius 1 is 1.22 bits per heavy atom. The van der Waals surface area contributed by atoms with Crippen LogP contribution >= 0.6 is 15.9 Å². The van der Waals surface area contributed by atoms with E-state index in [-0.39, 0.29) is 24.7 Å². The molecular weight excluding hydrogens is 410 g/mol. The highest BCUT2D eigenvalue weighted by molar-refractivity contribution is 9.10. The minimum atomic E-state index is -0.330. The minimum absolute atomic E-state index is 0.0344. The Balaban J connectivity index is 1.64. The van der Waals surface area contributed by atoms with Crippen LogP contribution in [-0.4, -0.2) is 19.9 Å². The van der Waals surface area contributed by atoms with E-state index >= 15 is 0 Å². The van der Waals surface area contributed by atoms with Gasteiger partial charge in [-0.15, -0.1) is 0 Å². The number of anilines is 1. The molecule has 0 spiro atoms. The Morgan fingerprint density at radius 3 is 2.85 bits per heavy atom. The van der Waals surface area contributed by atoms with Crippen molar-refractivity contribution in [3.05, 3.63) is 63.6 Å². The molecule has 0 saturated carbocycles. The predicted octanol–water partition coefficient (Wildman–Crippen LogP) is 4.79. The molecule has 0 unspecified atom stereocenters. The highest BCUT2D eigenvalue weighted by Gasteiger charge is 2.40. The maximum Gasteiger partial charge on any atom is 0.339 e. The summed E-state index contributed by atoms with van der Waals surface area (Å²) in [5.74, 6) is 1.79. The molecule has 0 saturated heterocycles. The molecule has 0 aromatic heterocycles. The van der Waals surface area contributed by atoms with Gasteiger partial charge >= 0.3 is 5.97 Å². The standard InChI is InChI=1S/C21H18BrNO4/c1-25-21(24)14-7-3-6-12-11-4-2-5-13(11)20(23-19(12)14)15-8-17-18(9-16(15)22)27-10-26-17/h2-4,6-9,11,13,20,23H,5,10H2,1H3/t11-,13-,20-/m0/s1.